The number of fused-ring (bicyclic) bond motifs is 2. The average molecular weight is 453 g/mol. The van der Waals surface area contributed by atoms with Crippen molar-refractivity contribution in [1.82, 2.24) is 0 Å². The first kappa shape index (κ1) is 22.6. The third-order valence-electron chi connectivity index (χ3n) is 7.90. The fourth-order valence-electron chi connectivity index (χ4n) is 6.96. The summed E-state index contributed by atoms with van der Waals surface area (Å²) in [7, 11) is -1.65. The number of unbranched alkanes of at least 4 members (excludes halogenated alkanes) is 2. The summed E-state index contributed by atoms with van der Waals surface area (Å²) in [6, 6.07) is 0. The molecule has 3 aliphatic carbocycles. The smallest absolute Gasteiger partial charge is 0.165 e. The highest BCUT2D eigenvalue weighted by atomic mass is 28.3. The second-order valence-electron chi connectivity index (χ2n) is 11.6. The summed E-state index contributed by atoms with van der Waals surface area (Å²) in [5.74, 6) is -0.554. The first-order valence-corrected chi connectivity index (χ1v) is 16.2. The number of hydrogen-bond donors (Lipinski definition) is 0. The minimum Gasteiger partial charge on any atom is -0.372 e. The summed E-state index contributed by atoms with van der Waals surface area (Å²) in [4.78, 5) is 0. The summed E-state index contributed by atoms with van der Waals surface area (Å²) in [6.45, 7) is 19.7. The van der Waals surface area contributed by atoms with Crippen LogP contribution in [0.3, 0.4) is 0 Å². The lowest BCUT2D eigenvalue weighted by atomic mass is 9.57. The normalized spacial score (nSPS) is 35.8. The zero-order valence-corrected chi connectivity index (χ0v) is 22.0. The Labute approximate surface area is 195 Å². The van der Waals surface area contributed by atoms with E-state index in [2.05, 4.69) is 53.1 Å². The summed E-state index contributed by atoms with van der Waals surface area (Å²) in [5, 5.41) is 1.62. The molecule has 0 N–H and O–H groups in total. The van der Waals surface area contributed by atoms with Gasteiger partial charge in [-0.3, -0.25) is 0 Å². The monoisotopic (exact) mass is 452 g/mol. The van der Waals surface area contributed by atoms with Gasteiger partial charge in [-0.25, -0.2) is 0 Å². The van der Waals surface area contributed by atoms with Crippen LogP contribution in [0.25, 0.3) is 0 Å². The van der Waals surface area contributed by atoms with Crippen molar-refractivity contribution >= 4 is 8.07 Å². The molecule has 3 nitrogen and oxygen atoms in total. The Balaban J connectivity index is 1.81. The predicted octanol–water partition coefficient (Wildman–Crippen LogP) is 6.95. The van der Waals surface area contributed by atoms with E-state index in [1.807, 2.05) is 0 Å². The van der Waals surface area contributed by atoms with Gasteiger partial charge in [-0.15, -0.1) is 0 Å². The van der Waals surface area contributed by atoms with E-state index in [1.165, 1.54) is 52.7 Å². The first-order valence-electron chi connectivity index (χ1n) is 12.7. The molecule has 0 aromatic rings. The summed E-state index contributed by atoms with van der Waals surface area (Å²) < 4.78 is 19.5. The molecule has 1 spiro atoms. The Kier molecular flexibility index (Phi) is 5.41. The van der Waals surface area contributed by atoms with E-state index in [-0.39, 0.29) is 11.7 Å². The van der Waals surface area contributed by atoms with Gasteiger partial charge in [0.25, 0.3) is 0 Å². The minimum atomic E-state index is -1.65. The molecular weight excluding hydrogens is 412 g/mol. The van der Waals surface area contributed by atoms with Crippen molar-refractivity contribution in [2.24, 2.45) is 0 Å². The van der Waals surface area contributed by atoms with Crippen LogP contribution in [-0.2, 0) is 14.2 Å². The van der Waals surface area contributed by atoms with Crippen LogP contribution in [0, 0.1) is 0 Å². The number of hydrogen-bond acceptors (Lipinski definition) is 3. The Morgan fingerprint density at radius 1 is 1.09 bits per heavy atom. The van der Waals surface area contributed by atoms with E-state index in [9.17, 15) is 0 Å². The zero-order chi connectivity index (χ0) is 22.9. The van der Waals surface area contributed by atoms with Gasteiger partial charge in [-0.1, -0.05) is 57.3 Å². The highest BCUT2D eigenvalue weighted by Gasteiger charge is 2.67. The maximum atomic E-state index is 6.72. The molecule has 0 aromatic carbocycles. The molecule has 2 heterocycles. The molecule has 174 valence electrons. The minimum absolute atomic E-state index is 0.0325. The first-order chi connectivity index (χ1) is 15.1. The molecule has 0 aromatic heterocycles. The van der Waals surface area contributed by atoms with Gasteiger partial charge in [0, 0.05) is 0 Å². The van der Waals surface area contributed by atoms with Crippen molar-refractivity contribution in [2.75, 3.05) is 13.2 Å². The number of ether oxygens (including phenoxy) is 3. The molecule has 32 heavy (non-hydrogen) atoms. The van der Waals surface area contributed by atoms with Crippen molar-refractivity contribution in [3.63, 3.8) is 0 Å². The van der Waals surface area contributed by atoms with E-state index in [4.69, 9.17) is 14.2 Å². The molecule has 2 aliphatic heterocycles. The lowest BCUT2D eigenvalue weighted by molar-refractivity contribution is -0.153. The van der Waals surface area contributed by atoms with Gasteiger partial charge < -0.3 is 14.2 Å². The van der Waals surface area contributed by atoms with Gasteiger partial charge in [-0.05, 0) is 85.0 Å². The summed E-state index contributed by atoms with van der Waals surface area (Å²) in [5.41, 5.74) is 9.85. The molecule has 0 bridgehead atoms. The predicted molar refractivity (Wildman–Crippen MR) is 133 cm³/mol. The lowest BCUT2D eigenvalue weighted by Crippen LogP contribution is -2.57. The van der Waals surface area contributed by atoms with Gasteiger partial charge in [0.15, 0.2) is 5.79 Å². The maximum absolute atomic E-state index is 6.72. The molecule has 3 fully saturated rings. The van der Waals surface area contributed by atoms with Crippen LogP contribution in [0.5, 0.6) is 0 Å². The van der Waals surface area contributed by atoms with Crippen LogP contribution in [0.15, 0.2) is 56.9 Å². The Morgan fingerprint density at radius 3 is 2.53 bits per heavy atom. The zero-order valence-electron chi connectivity index (χ0n) is 21.0. The number of rotatable bonds is 6. The van der Waals surface area contributed by atoms with Gasteiger partial charge in [0.2, 0.25) is 0 Å². The second kappa shape index (κ2) is 7.66. The topological polar surface area (TPSA) is 27.7 Å². The number of allylic oxidation sites excluding steroid dienone is 5. The van der Waals surface area contributed by atoms with E-state index < -0.39 is 13.9 Å². The van der Waals surface area contributed by atoms with Crippen LogP contribution >= 0.6 is 0 Å². The molecular formula is C28H40O3Si. The average Bonchev–Trinajstić information content (AvgIpc) is 3.21. The van der Waals surface area contributed by atoms with E-state index >= 15 is 0 Å². The second-order valence-corrected chi connectivity index (χ2v) is 16.6. The van der Waals surface area contributed by atoms with Crippen molar-refractivity contribution < 1.29 is 14.2 Å². The lowest BCUT2D eigenvalue weighted by Gasteiger charge is -2.52. The molecule has 0 radical (unpaired) electrons. The molecule has 2 saturated heterocycles. The standard InChI is InChI=1S/C28H40O3Si/c1-8-10-11-13-20-18(9-2)19-14-12-15-28-24(19)23(26(28)30-27(3,4)31-28)21-16-29-17-22(21)25(20)32(5,6)7/h9,26H,2,8,10-17H2,1,3-7H3/b19-18?,20-18-,23-21?,25-20?,25-22+. The Hall–Kier alpha value is -1.20. The van der Waals surface area contributed by atoms with Gasteiger partial charge in [0.05, 0.1) is 21.3 Å². The molecule has 2 unspecified atom stereocenters. The SMILES string of the molecule is C=C/C1=C(CCCCC)/C([Si](C)(C)C)=C2/COCC2=C2C3=C1CCCC31OC(C)(C)OC21. The third kappa shape index (κ3) is 3.17. The fourth-order valence-corrected chi connectivity index (χ4v) is 9.26. The van der Waals surface area contributed by atoms with Gasteiger partial charge in [-0.2, -0.15) is 0 Å². The molecule has 1 saturated carbocycles. The molecule has 4 heteroatoms. The maximum Gasteiger partial charge on any atom is 0.165 e. The molecule has 5 rings (SSSR count). The Bertz CT molecular complexity index is 985. The Morgan fingerprint density at radius 2 is 1.84 bits per heavy atom. The van der Waals surface area contributed by atoms with Crippen LogP contribution < -0.4 is 0 Å². The molecule has 5 aliphatic rings. The fraction of sp³-hybridized carbons (Fsp3) is 0.643. The summed E-state index contributed by atoms with van der Waals surface area (Å²) >= 11 is 0. The van der Waals surface area contributed by atoms with Crippen molar-refractivity contribution in [3.8, 4) is 0 Å². The quantitative estimate of drug-likeness (QED) is 0.322. The molecule has 0 amide bonds. The van der Waals surface area contributed by atoms with Gasteiger partial charge in [0.1, 0.15) is 11.7 Å². The highest BCUT2D eigenvalue weighted by Crippen LogP contribution is 2.64. The van der Waals surface area contributed by atoms with E-state index in [0.29, 0.717) is 6.61 Å². The third-order valence-corrected chi connectivity index (χ3v) is 10.0. The van der Waals surface area contributed by atoms with Crippen LogP contribution in [0.2, 0.25) is 19.6 Å². The largest absolute Gasteiger partial charge is 0.372 e. The van der Waals surface area contributed by atoms with Crippen LogP contribution in [0.4, 0.5) is 0 Å². The van der Waals surface area contributed by atoms with Crippen LogP contribution in [0.1, 0.15) is 65.7 Å². The van der Waals surface area contributed by atoms with Crippen LogP contribution in [-0.4, -0.2) is 38.8 Å². The van der Waals surface area contributed by atoms with Crippen molar-refractivity contribution in [3.05, 3.63) is 56.9 Å². The van der Waals surface area contributed by atoms with Gasteiger partial charge >= 0.3 is 0 Å². The molecule has 2 atom stereocenters. The van der Waals surface area contributed by atoms with Crippen molar-refractivity contribution in [2.45, 2.75) is 103 Å². The highest BCUT2D eigenvalue weighted by molar-refractivity contribution is 6.84. The van der Waals surface area contributed by atoms with E-state index in [0.717, 1.165) is 32.3 Å². The van der Waals surface area contributed by atoms with E-state index in [1.54, 1.807) is 10.8 Å². The van der Waals surface area contributed by atoms with Crippen molar-refractivity contribution in [1.29, 1.82) is 0 Å². The summed E-state index contributed by atoms with van der Waals surface area (Å²) in [6.07, 6.45) is 10.4.